The van der Waals surface area contributed by atoms with Gasteiger partial charge in [-0.15, -0.1) is 35.3 Å². The zero-order valence-electron chi connectivity index (χ0n) is 16.3. The van der Waals surface area contributed by atoms with Crippen molar-refractivity contribution in [1.82, 2.24) is 10.6 Å². The summed E-state index contributed by atoms with van der Waals surface area (Å²) in [5.41, 5.74) is 2.64. The second-order valence-corrected chi connectivity index (χ2v) is 7.78. The molecule has 1 aliphatic rings. The Morgan fingerprint density at radius 1 is 1.22 bits per heavy atom. The van der Waals surface area contributed by atoms with Crippen molar-refractivity contribution in [1.29, 1.82) is 0 Å². The van der Waals surface area contributed by atoms with Crippen LogP contribution in [0.4, 0.5) is 5.69 Å². The van der Waals surface area contributed by atoms with E-state index in [1.54, 1.807) is 11.3 Å². The van der Waals surface area contributed by atoms with E-state index in [9.17, 15) is 0 Å². The molecule has 1 saturated heterocycles. The molecule has 0 bridgehead atoms. The van der Waals surface area contributed by atoms with E-state index in [-0.39, 0.29) is 30.0 Å². The summed E-state index contributed by atoms with van der Waals surface area (Å²) in [6.07, 6.45) is 3.60. The molecule has 1 unspecified atom stereocenters. The van der Waals surface area contributed by atoms with Gasteiger partial charge in [-0.1, -0.05) is 18.2 Å². The largest absolute Gasteiger partial charge is 0.372 e. The van der Waals surface area contributed by atoms with Gasteiger partial charge < -0.3 is 15.5 Å². The molecule has 0 amide bonds. The molecule has 1 fully saturated rings. The summed E-state index contributed by atoms with van der Waals surface area (Å²) in [7, 11) is 0. The number of nitrogens with zero attached hydrogens (tertiary/aromatic N) is 2. The smallest absolute Gasteiger partial charge is 0.191 e. The molecule has 4 nitrogen and oxygen atoms in total. The molecule has 1 atom stereocenters. The molecule has 1 aromatic carbocycles. The fraction of sp³-hybridized carbons (Fsp3) is 0.476. The molecule has 27 heavy (non-hydrogen) atoms. The number of halogens is 1. The SMILES string of the molecule is CCNC(=NCCc1cccs1)NC(C)c1cccc(N2CCCC2)c1.I. The first-order valence-corrected chi connectivity index (χ1v) is 10.6. The van der Waals surface area contributed by atoms with Crippen molar-refractivity contribution in [2.45, 2.75) is 39.2 Å². The highest BCUT2D eigenvalue weighted by Crippen LogP contribution is 2.23. The van der Waals surface area contributed by atoms with Gasteiger partial charge in [-0.3, -0.25) is 4.99 Å². The van der Waals surface area contributed by atoms with Gasteiger partial charge in [0, 0.05) is 43.2 Å². The van der Waals surface area contributed by atoms with Gasteiger partial charge in [-0.2, -0.15) is 0 Å². The van der Waals surface area contributed by atoms with Crippen LogP contribution in [-0.4, -0.2) is 32.1 Å². The minimum atomic E-state index is 0. The molecular weight excluding hydrogens is 467 g/mol. The minimum absolute atomic E-state index is 0. The molecule has 0 saturated carbocycles. The van der Waals surface area contributed by atoms with E-state index in [0.717, 1.165) is 25.5 Å². The monoisotopic (exact) mass is 498 g/mol. The van der Waals surface area contributed by atoms with Crippen molar-refractivity contribution in [2.24, 2.45) is 4.99 Å². The Bertz CT molecular complexity index is 696. The van der Waals surface area contributed by atoms with E-state index in [1.807, 2.05) is 0 Å². The summed E-state index contributed by atoms with van der Waals surface area (Å²) in [4.78, 5) is 8.61. The quantitative estimate of drug-likeness (QED) is 0.327. The molecule has 2 aromatic rings. The van der Waals surface area contributed by atoms with Crippen LogP contribution in [0.25, 0.3) is 0 Å². The predicted octanol–water partition coefficient (Wildman–Crippen LogP) is 4.83. The number of hydrogen-bond donors (Lipinski definition) is 2. The fourth-order valence-corrected chi connectivity index (χ4v) is 4.01. The third-order valence-corrected chi connectivity index (χ3v) is 5.68. The van der Waals surface area contributed by atoms with Gasteiger partial charge in [0.05, 0.1) is 6.04 Å². The van der Waals surface area contributed by atoms with E-state index in [4.69, 9.17) is 4.99 Å². The molecule has 1 aromatic heterocycles. The summed E-state index contributed by atoms with van der Waals surface area (Å²) in [6, 6.07) is 13.4. The average molecular weight is 498 g/mol. The number of thiophene rings is 1. The van der Waals surface area contributed by atoms with Crippen LogP contribution in [0.5, 0.6) is 0 Å². The Morgan fingerprint density at radius 2 is 2.04 bits per heavy atom. The standard InChI is InChI=1S/C21H30N4S.HI/c1-3-22-21(23-12-11-20-10-7-15-26-20)24-17(2)18-8-6-9-19(16-18)25-13-4-5-14-25;/h6-10,15-17H,3-5,11-14H2,1-2H3,(H2,22,23,24);1H. The number of benzene rings is 1. The molecule has 148 valence electrons. The Kier molecular flexibility index (Phi) is 9.41. The van der Waals surface area contributed by atoms with Crippen LogP contribution in [0.2, 0.25) is 0 Å². The molecule has 0 spiro atoms. The van der Waals surface area contributed by atoms with Gasteiger partial charge in [0.2, 0.25) is 0 Å². The van der Waals surface area contributed by atoms with E-state index in [1.165, 1.54) is 42.1 Å². The average Bonchev–Trinajstić information content (AvgIpc) is 3.36. The summed E-state index contributed by atoms with van der Waals surface area (Å²) in [5, 5.41) is 9.04. The number of aliphatic imine (C=N–C) groups is 1. The highest BCUT2D eigenvalue weighted by molar-refractivity contribution is 14.0. The second-order valence-electron chi connectivity index (χ2n) is 6.75. The van der Waals surface area contributed by atoms with Crippen LogP contribution in [0.15, 0.2) is 46.8 Å². The van der Waals surface area contributed by atoms with Crippen LogP contribution in [0.1, 0.15) is 43.2 Å². The predicted molar refractivity (Wildman–Crippen MR) is 129 cm³/mol. The maximum Gasteiger partial charge on any atom is 0.191 e. The third-order valence-electron chi connectivity index (χ3n) is 4.75. The maximum absolute atomic E-state index is 4.74. The van der Waals surface area contributed by atoms with Crippen molar-refractivity contribution in [2.75, 3.05) is 31.1 Å². The third kappa shape index (κ3) is 6.68. The lowest BCUT2D eigenvalue weighted by Crippen LogP contribution is -2.39. The number of nitrogens with one attached hydrogen (secondary N) is 2. The van der Waals surface area contributed by atoms with Crippen LogP contribution in [-0.2, 0) is 6.42 Å². The van der Waals surface area contributed by atoms with Crippen molar-refractivity contribution < 1.29 is 0 Å². The highest BCUT2D eigenvalue weighted by Gasteiger charge is 2.14. The Morgan fingerprint density at radius 3 is 2.74 bits per heavy atom. The minimum Gasteiger partial charge on any atom is -0.372 e. The van der Waals surface area contributed by atoms with Crippen molar-refractivity contribution in [3.8, 4) is 0 Å². The van der Waals surface area contributed by atoms with Crippen LogP contribution in [0.3, 0.4) is 0 Å². The molecular formula is C21H31IN4S. The lowest BCUT2D eigenvalue weighted by Gasteiger charge is -2.22. The zero-order chi connectivity index (χ0) is 18.2. The van der Waals surface area contributed by atoms with E-state index < -0.39 is 0 Å². The van der Waals surface area contributed by atoms with E-state index >= 15 is 0 Å². The summed E-state index contributed by atoms with van der Waals surface area (Å²) < 4.78 is 0. The van der Waals surface area contributed by atoms with Gasteiger partial charge in [0.15, 0.2) is 5.96 Å². The molecule has 2 N–H and O–H groups in total. The summed E-state index contributed by atoms with van der Waals surface area (Å²) >= 11 is 1.80. The number of guanidine groups is 1. The van der Waals surface area contributed by atoms with E-state index in [2.05, 4.69) is 71.2 Å². The number of hydrogen-bond acceptors (Lipinski definition) is 3. The summed E-state index contributed by atoms with van der Waals surface area (Å²) in [5.74, 6) is 0.892. The number of anilines is 1. The molecule has 3 rings (SSSR count). The van der Waals surface area contributed by atoms with Crippen LogP contribution in [0, 0.1) is 0 Å². The normalized spacial score (nSPS) is 15.3. The molecule has 0 radical (unpaired) electrons. The number of rotatable bonds is 7. The lowest BCUT2D eigenvalue weighted by molar-refractivity contribution is 0.686. The topological polar surface area (TPSA) is 39.7 Å². The van der Waals surface area contributed by atoms with Gasteiger partial charge in [0.1, 0.15) is 0 Å². The fourth-order valence-electron chi connectivity index (χ4n) is 3.31. The molecule has 0 aliphatic carbocycles. The summed E-state index contributed by atoms with van der Waals surface area (Å²) in [6.45, 7) is 8.34. The van der Waals surface area contributed by atoms with Crippen LogP contribution < -0.4 is 15.5 Å². The molecule has 2 heterocycles. The Balaban J connectivity index is 0.00000261. The molecule has 1 aliphatic heterocycles. The Labute approximate surface area is 184 Å². The highest BCUT2D eigenvalue weighted by atomic mass is 127. The van der Waals surface area contributed by atoms with Gasteiger partial charge in [0.25, 0.3) is 0 Å². The first-order valence-electron chi connectivity index (χ1n) is 9.68. The Hall–Kier alpha value is -1.28. The first kappa shape index (κ1) is 22.0. The maximum atomic E-state index is 4.74. The van der Waals surface area contributed by atoms with Gasteiger partial charge in [-0.25, -0.2) is 0 Å². The molecule has 6 heteroatoms. The second kappa shape index (κ2) is 11.5. The first-order chi connectivity index (χ1) is 12.8. The van der Waals surface area contributed by atoms with Crippen LogP contribution >= 0.6 is 35.3 Å². The van der Waals surface area contributed by atoms with Gasteiger partial charge >= 0.3 is 0 Å². The van der Waals surface area contributed by atoms with Crippen molar-refractivity contribution in [3.63, 3.8) is 0 Å². The lowest BCUT2D eigenvalue weighted by atomic mass is 10.1. The zero-order valence-corrected chi connectivity index (χ0v) is 19.4. The van der Waals surface area contributed by atoms with Crippen molar-refractivity contribution >= 4 is 47.0 Å². The van der Waals surface area contributed by atoms with Crippen molar-refractivity contribution in [3.05, 3.63) is 52.2 Å². The van der Waals surface area contributed by atoms with Gasteiger partial charge in [-0.05, 0) is 55.8 Å². The van der Waals surface area contributed by atoms with E-state index in [0.29, 0.717) is 0 Å².